The van der Waals surface area contributed by atoms with Crippen molar-refractivity contribution in [1.82, 2.24) is 4.31 Å². The Hall–Kier alpha value is -1.40. The summed E-state index contributed by atoms with van der Waals surface area (Å²) in [6, 6.07) is 6.67. The van der Waals surface area contributed by atoms with E-state index in [4.69, 9.17) is 0 Å². The summed E-state index contributed by atoms with van der Waals surface area (Å²) in [6.45, 7) is 1.17. The Morgan fingerprint density at radius 2 is 1.96 bits per heavy atom. The minimum atomic E-state index is -3.44. The maximum atomic E-state index is 12.7. The summed E-state index contributed by atoms with van der Waals surface area (Å²) in [7, 11) is -3.44. The summed E-state index contributed by atoms with van der Waals surface area (Å²) in [5.41, 5.74) is 0.577. The van der Waals surface area contributed by atoms with Crippen molar-refractivity contribution in [3.8, 4) is 0 Å². The first-order valence-electron chi connectivity index (χ1n) is 9.42. The fraction of sp³-hybridized carbons (Fsp3) is 0.632. The number of nitrogens with zero attached hydrogens (tertiary/aromatic N) is 1. The van der Waals surface area contributed by atoms with Crippen LogP contribution in [-0.4, -0.2) is 31.7 Å². The number of hydrogen-bond acceptors (Lipinski definition) is 3. The van der Waals surface area contributed by atoms with E-state index in [-0.39, 0.29) is 10.8 Å². The molecule has 1 amide bonds. The van der Waals surface area contributed by atoms with E-state index < -0.39 is 10.0 Å². The fourth-order valence-electron chi connectivity index (χ4n) is 4.89. The predicted molar refractivity (Wildman–Crippen MR) is 96.6 cm³/mol. The van der Waals surface area contributed by atoms with Crippen molar-refractivity contribution in [3.63, 3.8) is 0 Å². The van der Waals surface area contributed by atoms with Crippen LogP contribution in [0.5, 0.6) is 0 Å². The van der Waals surface area contributed by atoms with E-state index in [1.165, 1.54) is 30.0 Å². The van der Waals surface area contributed by atoms with E-state index in [2.05, 4.69) is 5.32 Å². The number of sulfonamides is 1. The molecule has 1 aliphatic heterocycles. The SMILES string of the molecule is O=C(C[C@@H]1C[C@H]2CC[C@@H]1C2)Nc1cccc(S(=O)(=O)N2CCCC2)c1. The van der Waals surface area contributed by atoms with Crippen LogP contribution in [0.3, 0.4) is 0 Å². The van der Waals surface area contributed by atoms with E-state index in [1.54, 1.807) is 24.3 Å². The first kappa shape index (κ1) is 17.0. The molecule has 4 rings (SSSR count). The average molecular weight is 362 g/mol. The molecule has 1 saturated heterocycles. The molecule has 5 nitrogen and oxygen atoms in total. The van der Waals surface area contributed by atoms with Gasteiger partial charge in [0.05, 0.1) is 4.90 Å². The van der Waals surface area contributed by atoms with Gasteiger partial charge in [-0.3, -0.25) is 4.79 Å². The van der Waals surface area contributed by atoms with Gasteiger partial charge in [-0.1, -0.05) is 12.5 Å². The molecule has 1 heterocycles. The van der Waals surface area contributed by atoms with Crippen molar-refractivity contribution in [1.29, 1.82) is 0 Å². The number of carbonyl (C=O) groups excluding carboxylic acids is 1. The van der Waals surface area contributed by atoms with Gasteiger partial charge in [0.2, 0.25) is 15.9 Å². The molecule has 2 saturated carbocycles. The van der Waals surface area contributed by atoms with Crippen molar-refractivity contribution < 1.29 is 13.2 Å². The molecule has 3 atom stereocenters. The van der Waals surface area contributed by atoms with Gasteiger partial charge in [0, 0.05) is 25.2 Å². The lowest BCUT2D eigenvalue weighted by Crippen LogP contribution is -2.28. The lowest BCUT2D eigenvalue weighted by atomic mass is 9.86. The topological polar surface area (TPSA) is 66.5 Å². The lowest BCUT2D eigenvalue weighted by Gasteiger charge is -2.21. The maximum absolute atomic E-state index is 12.7. The van der Waals surface area contributed by atoms with E-state index >= 15 is 0 Å². The number of nitrogens with one attached hydrogen (secondary N) is 1. The number of rotatable bonds is 5. The van der Waals surface area contributed by atoms with Gasteiger partial charge in [-0.05, 0) is 68.1 Å². The van der Waals surface area contributed by atoms with Gasteiger partial charge in [0.15, 0.2) is 0 Å². The van der Waals surface area contributed by atoms with Crippen LogP contribution in [0.4, 0.5) is 5.69 Å². The second kappa shape index (κ2) is 6.72. The number of fused-ring (bicyclic) bond motifs is 2. The summed E-state index contributed by atoms with van der Waals surface area (Å²) in [5, 5.41) is 2.91. The first-order valence-corrected chi connectivity index (χ1v) is 10.9. The zero-order chi connectivity index (χ0) is 17.4. The molecule has 0 aromatic heterocycles. The van der Waals surface area contributed by atoms with E-state index in [0.29, 0.717) is 31.1 Å². The van der Waals surface area contributed by atoms with Gasteiger partial charge < -0.3 is 5.32 Å². The van der Waals surface area contributed by atoms with Gasteiger partial charge in [0.25, 0.3) is 0 Å². The molecular formula is C19H26N2O3S. The normalized spacial score (nSPS) is 29.2. The van der Waals surface area contributed by atoms with Gasteiger partial charge in [0.1, 0.15) is 0 Å². The minimum Gasteiger partial charge on any atom is -0.326 e. The van der Waals surface area contributed by atoms with Crippen molar-refractivity contribution in [2.24, 2.45) is 17.8 Å². The lowest BCUT2D eigenvalue weighted by molar-refractivity contribution is -0.117. The standard InChI is InChI=1S/C19H26N2O3S/c22-19(12-16-11-14-6-7-15(16)10-14)20-17-4-3-5-18(13-17)25(23,24)21-8-1-2-9-21/h3-5,13-16H,1-2,6-12H2,(H,20,22)/t14-,15+,16-/m0/s1. The molecule has 25 heavy (non-hydrogen) atoms. The summed E-state index contributed by atoms with van der Waals surface area (Å²) >= 11 is 0. The van der Waals surface area contributed by atoms with E-state index in [9.17, 15) is 13.2 Å². The number of benzene rings is 1. The molecule has 3 aliphatic rings. The van der Waals surface area contributed by atoms with Crippen LogP contribution in [0.15, 0.2) is 29.2 Å². The molecule has 3 fully saturated rings. The van der Waals surface area contributed by atoms with Crippen molar-refractivity contribution in [2.45, 2.75) is 49.8 Å². The second-order valence-corrected chi connectivity index (χ2v) is 9.76. The van der Waals surface area contributed by atoms with Gasteiger partial charge in [-0.25, -0.2) is 8.42 Å². The third kappa shape index (κ3) is 3.47. The molecule has 6 heteroatoms. The summed E-state index contributed by atoms with van der Waals surface area (Å²) in [5.74, 6) is 2.07. The van der Waals surface area contributed by atoms with Crippen LogP contribution in [0, 0.1) is 17.8 Å². The fourth-order valence-corrected chi connectivity index (χ4v) is 6.45. The average Bonchev–Trinajstić information content (AvgIpc) is 3.33. The molecule has 2 bridgehead atoms. The van der Waals surface area contributed by atoms with Crippen molar-refractivity contribution in [2.75, 3.05) is 18.4 Å². The molecule has 0 radical (unpaired) electrons. The van der Waals surface area contributed by atoms with Crippen LogP contribution < -0.4 is 5.32 Å². The molecule has 2 aliphatic carbocycles. The van der Waals surface area contributed by atoms with Crippen LogP contribution >= 0.6 is 0 Å². The first-order chi connectivity index (χ1) is 12.0. The Bertz CT molecular complexity index is 756. The Balaban J connectivity index is 1.42. The van der Waals surface area contributed by atoms with Crippen LogP contribution in [-0.2, 0) is 14.8 Å². The Morgan fingerprint density at radius 3 is 2.64 bits per heavy atom. The molecule has 0 spiro atoms. The number of hydrogen-bond donors (Lipinski definition) is 1. The summed E-state index contributed by atoms with van der Waals surface area (Å²) < 4.78 is 26.8. The number of anilines is 1. The highest BCUT2D eigenvalue weighted by Crippen LogP contribution is 2.49. The molecule has 0 unspecified atom stereocenters. The molecule has 1 N–H and O–H groups in total. The van der Waals surface area contributed by atoms with Crippen molar-refractivity contribution in [3.05, 3.63) is 24.3 Å². The van der Waals surface area contributed by atoms with Crippen LogP contribution in [0.2, 0.25) is 0 Å². The van der Waals surface area contributed by atoms with E-state index in [1.807, 2.05) is 0 Å². The zero-order valence-corrected chi connectivity index (χ0v) is 15.3. The predicted octanol–water partition coefficient (Wildman–Crippen LogP) is 3.24. The summed E-state index contributed by atoms with van der Waals surface area (Å²) in [6.07, 6.45) is 7.47. The summed E-state index contributed by atoms with van der Waals surface area (Å²) in [4.78, 5) is 12.7. The smallest absolute Gasteiger partial charge is 0.243 e. The quantitative estimate of drug-likeness (QED) is 0.874. The molecular weight excluding hydrogens is 336 g/mol. The highest BCUT2D eigenvalue weighted by atomic mass is 32.2. The Morgan fingerprint density at radius 1 is 1.16 bits per heavy atom. The third-order valence-electron chi connectivity index (χ3n) is 6.15. The highest BCUT2D eigenvalue weighted by molar-refractivity contribution is 7.89. The molecule has 1 aromatic rings. The van der Waals surface area contributed by atoms with Gasteiger partial charge >= 0.3 is 0 Å². The third-order valence-corrected chi connectivity index (χ3v) is 8.05. The highest BCUT2D eigenvalue weighted by Gasteiger charge is 2.40. The zero-order valence-electron chi connectivity index (χ0n) is 14.5. The second-order valence-electron chi connectivity index (χ2n) is 7.83. The molecule has 1 aromatic carbocycles. The largest absolute Gasteiger partial charge is 0.326 e. The molecule has 136 valence electrons. The van der Waals surface area contributed by atoms with Crippen molar-refractivity contribution >= 4 is 21.6 Å². The number of carbonyl (C=O) groups is 1. The monoisotopic (exact) mass is 362 g/mol. The van der Waals surface area contributed by atoms with Gasteiger partial charge in [-0.2, -0.15) is 4.31 Å². The maximum Gasteiger partial charge on any atom is 0.243 e. The van der Waals surface area contributed by atoms with Gasteiger partial charge in [-0.15, -0.1) is 0 Å². The van der Waals surface area contributed by atoms with Crippen LogP contribution in [0.25, 0.3) is 0 Å². The van der Waals surface area contributed by atoms with E-state index in [0.717, 1.165) is 24.7 Å². The van der Waals surface area contributed by atoms with Crippen LogP contribution in [0.1, 0.15) is 44.9 Å². The minimum absolute atomic E-state index is 0.00766. The number of amides is 1. The Labute approximate surface area is 149 Å². The Kier molecular flexibility index (Phi) is 4.58.